The lowest BCUT2D eigenvalue weighted by Gasteiger charge is -2.15. The molecule has 122 valence electrons. The summed E-state index contributed by atoms with van der Waals surface area (Å²) in [6, 6.07) is 12.3. The van der Waals surface area contributed by atoms with Crippen LogP contribution in [0.25, 0.3) is 5.69 Å². The van der Waals surface area contributed by atoms with E-state index >= 15 is 0 Å². The predicted octanol–water partition coefficient (Wildman–Crippen LogP) is 1.31. The Morgan fingerprint density at radius 3 is 2.67 bits per heavy atom. The van der Waals surface area contributed by atoms with E-state index in [9.17, 15) is 9.59 Å². The zero-order valence-corrected chi connectivity index (χ0v) is 13.2. The minimum absolute atomic E-state index is 0.00105. The Bertz CT molecular complexity index is 869. The van der Waals surface area contributed by atoms with Crippen LogP contribution in [0.15, 0.2) is 66.1 Å². The summed E-state index contributed by atoms with van der Waals surface area (Å²) < 4.78 is 3.03. The van der Waals surface area contributed by atoms with Crippen molar-refractivity contribution in [1.29, 1.82) is 0 Å². The molecule has 0 bridgehead atoms. The topological polar surface area (TPSA) is 81.8 Å². The van der Waals surface area contributed by atoms with Gasteiger partial charge < -0.3 is 9.88 Å². The van der Waals surface area contributed by atoms with Crippen molar-refractivity contribution in [3.63, 3.8) is 0 Å². The van der Waals surface area contributed by atoms with Crippen LogP contribution in [0.3, 0.4) is 0 Å². The first-order chi connectivity index (χ1) is 11.6. The van der Waals surface area contributed by atoms with Gasteiger partial charge in [0.2, 0.25) is 5.91 Å². The Labute approximate surface area is 138 Å². The van der Waals surface area contributed by atoms with Crippen LogP contribution < -0.4 is 10.9 Å². The van der Waals surface area contributed by atoms with Gasteiger partial charge in [-0.3, -0.25) is 9.59 Å². The summed E-state index contributed by atoms with van der Waals surface area (Å²) in [6.45, 7) is 1.90. The molecule has 3 aromatic rings. The fourth-order valence-corrected chi connectivity index (χ4v) is 2.37. The number of pyridine rings is 1. The van der Waals surface area contributed by atoms with Gasteiger partial charge >= 0.3 is 0 Å². The zero-order chi connectivity index (χ0) is 16.9. The van der Waals surface area contributed by atoms with Crippen molar-refractivity contribution >= 4 is 5.91 Å². The molecule has 1 aromatic carbocycles. The number of nitrogens with one attached hydrogen (secondary N) is 1. The predicted molar refractivity (Wildman–Crippen MR) is 88.6 cm³/mol. The Kier molecular flexibility index (Phi) is 4.51. The van der Waals surface area contributed by atoms with Gasteiger partial charge in [0, 0.05) is 12.3 Å². The van der Waals surface area contributed by atoms with Gasteiger partial charge in [-0.15, -0.1) is 0 Å². The minimum Gasteiger partial charge on any atom is -0.348 e. The second kappa shape index (κ2) is 6.91. The van der Waals surface area contributed by atoms with Crippen molar-refractivity contribution < 1.29 is 4.79 Å². The molecule has 0 saturated carbocycles. The van der Waals surface area contributed by atoms with E-state index in [1.807, 2.05) is 31.2 Å². The molecule has 0 saturated heterocycles. The summed E-state index contributed by atoms with van der Waals surface area (Å²) in [5.41, 5.74) is 1.66. The molecule has 0 radical (unpaired) electrons. The lowest BCUT2D eigenvalue weighted by molar-refractivity contribution is -0.122. The Morgan fingerprint density at radius 1 is 1.21 bits per heavy atom. The third kappa shape index (κ3) is 3.57. The number of rotatable bonds is 5. The number of aromatic nitrogens is 4. The summed E-state index contributed by atoms with van der Waals surface area (Å²) in [5, 5.41) is 6.96. The van der Waals surface area contributed by atoms with Gasteiger partial charge in [0.05, 0.1) is 11.7 Å². The maximum atomic E-state index is 12.1. The van der Waals surface area contributed by atoms with Crippen molar-refractivity contribution in [3.8, 4) is 5.69 Å². The van der Waals surface area contributed by atoms with Gasteiger partial charge in [-0.1, -0.05) is 18.2 Å². The maximum Gasteiger partial charge on any atom is 0.250 e. The normalized spacial score (nSPS) is 11.9. The molecule has 0 spiro atoms. The van der Waals surface area contributed by atoms with E-state index in [2.05, 4.69) is 15.4 Å². The fourth-order valence-electron chi connectivity index (χ4n) is 2.37. The second-order valence-electron chi connectivity index (χ2n) is 5.39. The van der Waals surface area contributed by atoms with Gasteiger partial charge in [0.15, 0.2) is 0 Å². The van der Waals surface area contributed by atoms with Gasteiger partial charge in [-0.05, 0) is 30.7 Å². The molecule has 0 aliphatic carbocycles. The molecule has 0 aliphatic rings. The van der Waals surface area contributed by atoms with Crippen LogP contribution in [-0.2, 0) is 11.3 Å². The van der Waals surface area contributed by atoms with Crippen LogP contribution in [0.5, 0.6) is 0 Å². The maximum absolute atomic E-state index is 12.1. The summed E-state index contributed by atoms with van der Waals surface area (Å²) in [5.74, 6) is -0.212. The number of benzene rings is 1. The first-order valence-electron chi connectivity index (χ1n) is 7.53. The van der Waals surface area contributed by atoms with E-state index in [0.717, 1.165) is 11.3 Å². The average Bonchev–Trinajstić information content (AvgIpc) is 3.11. The number of carbonyl (C=O) groups excluding carboxylic acids is 1. The molecule has 0 fully saturated rings. The molecule has 3 rings (SSSR count). The molecular weight excluding hydrogens is 306 g/mol. The third-order valence-corrected chi connectivity index (χ3v) is 3.67. The molecule has 1 atom stereocenters. The molecule has 1 N–H and O–H groups in total. The fraction of sp³-hybridized carbons (Fsp3) is 0.176. The lowest BCUT2D eigenvalue weighted by atomic mass is 10.1. The Balaban J connectivity index is 1.64. The highest BCUT2D eigenvalue weighted by atomic mass is 16.2. The number of hydrogen-bond donors (Lipinski definition) is 1. The van der Waals surface area contributed by atoms with Gasteiger partial charge in [-0.2, -0.15) is 5.10 Å². The van der Waals surface area contributed by atoms with Crippen molar-refractivity contribution in [1.82, 2.24) is 24.6 Å². The number of amides is 1. The van der Waals surface area contributed by atoms with E-state index < -0.39 is 0 Å². The highest BCUT2D eigenvalue weighted by molar-refractivity contribution is 5.76. The molecule has 7 heteroatoms. The van der Waals surface area contributed by atoms with Crippen LogP contribution in [0, 0.1) is 0 Å². The number of nitrogens with zero attached hydrogens (tertiary/aromatic N) is 4. The highest BCUT2D eigenvalue weighted by Crippen LogP contribution is 2.15. The number of hydrogen-bond acceptors (Lipinski definition) is 4. The summed E-state index contributed by atoms with van der Waals surface area (Å²) >= 11 is 0. The van der Waals surface area contributed by atoms with E-state index in [1.165, 1.54) is 17.0 Å². The van der Waals surface area contributed by atoms with Crippen molar-refractivity contribution in [2.24, 2.45) is 0 Å². The summed E-state index contributed by atoms with van der Waals surface area (Å²) in [7, 11) is 0. The molecular formula is C17H17N5O2. The highest BCUT2D eigenvalue weighted by Gasteiger charge is 2.10. The molecule has 1 unspecified atom stereocenters. The molecule has 1 amide bonds. The summed E-state index contributed by atoms with van der Waals surface area (Å²) in [6.07, 6.45) is 4.69. The quantitative estimate of drug-likeness (QED) is 0.767. The largest absolute Gasteiger partial charge is 0.348 e. The van der Waals surface area contributed by atoms with Crippen LogP contribution in [0.4, 0.5) is 0 Å². The molecule has 2 aromatic heterocycles. The monoisotopic (exact) mass is 323 g/mol. The van der Waals surface area contributed by atoms with Gasteiger partial charge in [0.1, 0.15) is 19.2 Å². The van der Waals surface area contributed by atoms with E-state index in [1.54, 1.807) is 29.3 Å². The first kappa shape index (κ1) is 15.7. The first-order valence-corrected chi connectivity index (χ1v) is 7.53. The smallest absolute Gasteiger partial charge is 0.250 e. The van der Waals surface area contributed by atoms with Crippen molar-refractivity contribution in [2.75, 3.05) is 0 Å². The molecule has 2 heterocycles. The summed E-state index contributed by atoms with van der Waals surface area (Å²) in [4.78, 5) is 27.6. The van der Waals surface area contributed by atoms with Crippen LogP contribution in [0.2, 0.25) is 0 Å². The Morgan fingerprint density at radius 2 is 2.00 bits per heavy atom. The standard InChI is InChI=1S/C17H17N5O2/c1-13(20-16(23)10-21-9-3-2-4-17(21)24)14-5-7-15(8-6-14)22-12-18-11-19-22/h2-9,11-13H,10H2,1H3,(H,20,23). The van der Waals surface area contributed by atoms with E-state index in [0.29, 0.717) is 0 Å². The van der Waals surface area contributed by atoms with Gasteiger partial charge in [0.25, 0.3) is 5.56 Å². The van der Waals surface area contributed by atoms with Crippen LogP contribution in [0.1, 0.15) is 18.5 Å². The van der Waals surface area contributed by atoms with Gasteiger partial charge in [-0.25, -0.2) is 9.67 Å². The number of carbonyl (C=O) groups is 1. The average molecular weight is 323 g/mol. The van der Waals surface area contributed by atoms with Crippen LogP contribution >= 0.6 is 0 Å². The van der Waals surface area contributed by atoms with Crippen molar-refractivity contribution in [3.05, 3.63) is 77.2 Å². The van der Waals surface area contributed by atoms with E-state index in [4.69, 9.17) is 0 Å². The zero-order valence-electron chi connectivity index (χ0n) is 13.2. The van der Waals surface area contributed by atoms with Crippen molar-refractivity contribution in [2.45, 2.75) is 19.5 Å². The minimum atomic E-state index is -0.212. The lowest BCUT2D eigenvalue weighted by Crippen LogP contribution is -2.33. The molecule has 7 nitrogen and oxygen atoms in total. The Hall–Kier alpha value is -3.22. The second-order valence-corrected chi connectivity index (χ2v) is 5.39. The third-order valence-electron chi connectivity index (χ3n) is 3.67. The van der Waals surface area contributed by atoms with Crippen LogP contribution in [-0.4, -0.2) is 25.2 Å². The SMILES string of the molecule is CC(NC(=O)Cn1ccccc1=O)c1ccc(-n2cncn2)cc1. The molecule has 0 aliphatic heterocycles. The molecule has 24 heavy (non-hydrogen) atoms. The van der Waals surface area contributed by atoms with E-state index in [-0.39, 0.29) is 24.1 Å².